The Bertz CT molecular complexity index is 1100. The maximum atomic E-state index is 12.8. The number of carbonyl (C=O) groups is 2. The first-order valence-corrected chi connectivity index (χ1v) is 11.5. The quantitative estimate of drug-likeness (QED) is 0.281. The Labute approximate surface area is 209 Å². The number of nitrogens with one attached hydrogen (secondary N) is 1. The Hall–Kier alpha value is -4.30. The highest BCUT2D eigenvalue weighted by Gasteiger charge is 2.29. The maximum absolute atomic E-state index is 12.8. The van der Waals surface area contributed by atoms with Gasteiger partial charge in [-0.3, -0.25) is 5.32 Å². The molecule has 8 nitrogen and oxygen atoms in total. The predicted octanol–water partition coefficient (Wildman–Crippen LogP) is 5.22. The number of allylic oxidation sites excluding steroid dienone is 1. The van der Waals surface area contributed by atoms with Gasteiger partial charge >= 0.3 is 12.1 Å². The third-order valence-corrected chi connectivity index (χ3v) is 5.07. The molecule has 0 aliphatic heterocycles. The number of amides is 1. The molecule has 3 aromatic rings. The van der Waals surface area contributed by atoms with Gasteiger partial charge < -0.3 is 24.4 Å². The van der Waals surface area contributed by atoms with E-state index < -0.39 is 24.3 Å². The number of ether oxygens (including phenoxy) is 3. The van der Waals surface area contributed by atoms with E-state index in [1.807, 2.05) is 24.3 Å². The fourth-order valence-corrected chi connectivity index (χ4v) is 3.45. The van der Waals surface area contributed by atoms with Crippen LogP contribution in [0.3, 0.4) is 0 Å². The Balaban J connectivity index is 1.87. The van der Waals surface area contributed by atoms with Gasteiger partial charge in [0.1, 0.15) is 24.2 Å². The van der Waals surface area contributed by atoms with Crippen LogP contribution < -0.4 is 14.8 Å². The van der Waals surface area contributed by atoms with Crippen molar-refractivity contribution in [2.24, 2.45) is 0 Å². The van der Waals surface area contributed by atoms with Gasteiger partial charge in [-0.1, -0.05) is 54.6 Å². The number of aliphatic hydroxyl groups is 1. The molecule has 0 fully saturated rings. The zero-order chi connectivity index (χ0) is 25.6. The molecule has 0 heterocycles. The molecule has 188 valence electrons. The van der Waals surface area contributed by atoms with Gasteiger partial charge in [-0.05, 0) is 54.8 Å². The highest BCUT2D eigenvalue weighted by molar-refractivity contribution is 5.84. The second-order valence-corrected chi connectivity index (χ2v) is 7.75. The normalized spacial score (nSPS) is 12.5. The molecule has 0 radical (unpaired) electrons. The highest BCUT2D eigenvalue weighted by atomic mass is 16.6. The van der Waals surface area contributed by atoms with Crippen LogP contribution in [0.15, 0.2) is 97.1 Å². The molecule has 2 atom stereocenters. The zero-order valence-corrected chi connectivity index (χ0v) is 19.7. The summed E-state index contributed by atoms with van der Waals surface area (Å²) in [7, 11) is 0. The smallest absolute Gasteiger partial charge is 0.412 e. The van der Waals surface area contributed by atoms with Crippen LogP contribution in [-0.4, -0.2) is 41.6 Å². The van der Waals surface area contributed by atoms with Crippen LogP contribution in [0.2, 0.25) is 0 Å². The molecule has 3 N–H and O–H groups in total. The number of hydrogen-bond donors (Lipinski definition) is 3. The minimum Gasteiger partial charge on any atom is -0.491 e. The molecule has 0 bridgehead atoms. The molecule has 3 aromatic carbocycles. The average molecular weight is 492 g/mol. The maximum Gasteiger partial charge on any atom is 0.412 e. The number of aliphatic carboxylic acids is 1. The van der Waals surface area contributed by atoms with Crippen LogP contribution in [0.25, 0.3) is 0 Å². The van der Waals surface area contributed by atoms with E-state index in [0.29, 0.717) is 35.6 Å². The van der Waals surface area contributed by atoms with Crippen LogP contribution in [0.4, 0.5) is 10.5 Å². The van der Waals surface area contributed by atoms with E-state index in [2.05, 4.69) is 5.32 Å². The van der Waals surface area contributed by atoms with Gasteiger partial charge in [0.15, 0.2) is 6.10 Å². The van der Waals surface area contributed by atoms with Crippen molar-refractivity contribution >= 4 is 17.7 Å². The molecule has 0 aromatic heterocycles. The lowest BCUT2D eigenvalue weighted by atomic mass is 10.00. The van der Waals surface area contributed by atoms with Crippen molar-refractivity contribution in [2.75, 3.05) is 18.5 Å². The summed E-state index contributed by atoms with van der Waals surface area (Å²) in [5.41, 5.74) is 1.25. The minimum absolute atomic E-state index is 0.107. The summed E-state index contributed by atoms with van der Waals surface area (Å²) in [4.78, 5) is 23.7. The van der Waals surface area contributed by atoms with Gasteiger partial charge in [0, 0.05) is 11.8 Å². The SMILES string of the molecule is O=C(O)/C=C/CC[C@H](Oc1ccccc1)[C@@H](OC(=O)Nc1ccccc1)c1ccc(OCCO)cc1. The molecular weight excluding hydrogens is 462 g/mol. The van der Waals surface area contributed by atoms with E-state index in [-0.39, 0.29) is 13.2 Å². The van der Waals surface area contributed by atoms with Crippen molar-refractivity contribution in [3.8, 4) is 11.5 Å². The minimum atomic E-state index is -1.04. The zero-order valence-electron chi connectivity index (χ0n) is 19.7. The van der Waals surface area contributed by atoms with Crippen molar-refractivity contribution in [2.45, 2.75) is 25.0 Å². The number of carboxylic acids is 1. The standard InChI is InChI=1S/C28H29NO7/c30-19-20-34-23-17-15-21(16-18-23)27(36-28(33)29-22-9-3-1-4-10-22)25(13-7-8-14-26(31)32)35-24-11-5-2-6-12-24/h1-6,8-12,14-18,25,27,30H,7,13,19-20H2,(H,29,33)(H,31,32)/b14-8+/t25-,27-/m0/s1. The number of anilines is 1. The predicted molar refractivity (Wildman–Crippen MR) is 135 cm³/mol. The fourth-order valence-electron chi connectivity index (χ4n) is 3.45. The van der Waals surface area contributed by atoms with Crippen molar-refractivity contribution < 1.29 is 34.0 Å². The van der Waals surface area contributed by atoms with Gasteiger partial charge in [0.2, 0.25) is 0 Å². The molecule has 0 spiro atoms. The van der Waals surface area contributed by atoms with Gasteiger partial charge in [-0.15, -0.1) is 0 Å². The van der Waals surface area contributed by atoms with Gasteiger partial charge in [-0.25, -0.2) is 9.59 Å². The second kappa shape index (κ2) is 14.2. The van der Waals surface area contributed by atoms with Crippen LogP contribution in [0.1, 0.15) is 24.5 Å². The Morgan fingerprint density at radius 1 is 0.889 bits per heavy atom. The number of aliphatic hydroxyl groups excluding tert-OH is 1. The van der Waals surface area contributed by atoms with Gasteiger partial charge in [0.05, 0.1) is 6.61 Å². The topological polar surface area (TPSA) is 114 Å². The summed E-state index contributed by atoms with van der Waals surface area (Å²) in [5.74, 6) is 0.110. The van der Waals surface area contributed by atoms with Crippen molar-refractivity contribution in [1.29, 1.82) is 0 Å². The van der Waals surface area contributed by atoms with E-state index in [4.69, 9.17) is 24.4 Å². The lowest BCUT2D eigenvalue weighted by Gasteiger charge is -2.28. The number of para-hydroxylation sites is 2. The van der Waals surface area contributed by atoms with E-state index in [0.717, 1.165) is 6.08 Å². The van der Waals surface area contributed by atoms with Crippen LogP contribution in [-0.2, 0) is 9.53 Å². The van der Waals surface area contributed by atoms with E-state index in [1.54, 1.807) is 60.7 Å². The van der Waals surface area contributed by atoms with Crippen molar-refractivity contribution in [1.82, 2.24) is 0 Å². The molecule has 1 amide bonds. The number of carboxylic acid groups (broad SMARTS) is 1. The summed E-state index contributed by atoms with van der Waals surface area (Å²) in [6.45, 7) is 0.0540. The Kier molecular flexibility index (Phi) is 10.4. The molecule has 0 saturated heterocycles. The third-order valence-electron chi connectivity index (χ3n) is 5.07. The summed E-state index contributed by atoms with van der Waals surface area (Å²) in [5, 5.41) is 20.6. The third kappa shape index (κ3) is 8.81. The monoisotopic (exact) mass is 491 g/mol. The molecule has 8 heteroatoms. The number of rotatable bonds is 13. The fraction of sp³-hybridized carbons (Fsp3) is 0.214. The number of carbonyl (C=O) groups excluding carboxylic acids is 1. The molecule has 0 saturated carbocycles. The summed E-state index contributed by atoms with van der Waals surface area (Å²) < 4.78 is 17.6. The second-order valence-electron chi connectivity index (χ2n) is 7.75. The molecule has 3 rings (SSSR count). The highest BCUT2D eigenvalue weighted by Crippen LogP contribution is 2.30. The first-order valence-electron chi connectivity index (χ1n) is 11.5. The van der Waals surface area contributed by atoms with Gasteiger partial charge in [-0.2, -0.15) is 0 Å². The van der Waals surface area contributed by atoms with E-state index >= 15 is 0 Å². The van der Waals surface area contributed by atoms with E-state index in [9.17, 15) is 9.59 Å². The largest absolute Gasteiger partial charge is 0.491 e. The van der Waals surface area contributed by atoms with E-state index in [1.165, 1.54) is 6.08 Å². The first-order chi connectivity index (χ1) is 17.5. The van der Waals surface area contributed by atoms with Gasteiger partial charge in [0.25, 0.3) is 0 Å². The number of hydrogen-bond acceptors (Lipinski definition) is 6. The number of benzene rings is 3. The van der Waals surface area contributed by atoms with Crippen molar-refractivity contribution in [3.63, 3.8) is 0 Å². The Morgan fingerprint density at radius 3 is 2.19 bits per heavy atom. The Morgan fingerprint density at radius 2 is 1.56 bits per heavy atom. The molecular formula is C28H29NO7. The van der Waals surface area contributed by atoms with Crippen LogP contribution >= 0.6 is 0 Å². The summed E-state index contributed by atoms with van der Waals surface area (Å²) in [6, 6.07) is 25.0. The molecule has 0 aliphatic rings. The van der Waals surface area contributed by atoms with Crippen LogP contribution in [0, 0.1) is 0 Å². The lowest BCUT2D eigenvalue weighted by Crippen LogP contribution is -2.31. The first kappa shape index (κ1) is 26.3. The molecule has 0 aliphatic carbocycles. The summed E-state index contributed by atoms with van der Waals surface area (Å²) >= 11 is 0. The molecule has 0 unspecified atom stereocenters. The lowest BCUT2D eigenvalue weighted by molar-refractivity contribution is -0.131. The summed E-state index contributed by atoms with van der Waals surface area (Å²) in [6.07, 6.45) is 1.28. The van der Waals surface area contributed by atoms with Crippen molar-refractivity contribution in [3.05, 3.63) is 103 Å². The average Bonchev–Trinajstić information content (AvgIpc) is 2.89. The van der Waals surface area contributed by atoms with Crippen LogP contribution in [0.5, 0.6) is 11.5 Å². The molecule has 36 heavy (non-hydrogen) atoms.